The molecule has 2 N–H and O–H groups in total. The van der Waals surface area contributed by atoms with Crippen molar-refractivity contribution in [3.8, 4) is 0 Å². The number of nitrogens with zero attached hydrogens (tertiary/aromatic N) is 2. The molecule has 0 amide bonds. The van der Waals surface area contributed by atoms with Gasteiger partial charge < -0.3 is 15.0 Å². The Hall–Kier alpha value is -2.12. The smallest absolute Gasteiger partial charge is 0.390 e. The summed E-state index contributed by atoms with van der Waals surface area (Å²) in [6.07, 6.45) is -1.68. The summed E-state index contributed by atoms with van der Waals surface area (Å²) in [6.45, 7) is 3.14. The fourth-order valence-electron chi connectivity index (χ4n) is 3.86. The molecule has 0 saturated carbocycles. The lowest BCUT2D eigenvalue weighted by molar-refractivity contribution is -0.137. The molecule has 0 bridgehead atoms. The number of pyridine rings is 1. The minimum Gasteiger partial charge on any atom is -0.390 e. The minimum atomic E-state index is -4.40. The van der Waals surface area contributed by atoms with Crippen molar-refractivity contribution in [2.24, 2.45) is 0 Å². The average molecular weight is 363 g/mol. The van der Waals surface area contributed by atoms with Gasteiger partial charge in [0.2, 0.25) is 0 Å². The number of β-amino-alcohol motifs (C(OH)–C–C–N with tert-alkyl or cyclic N) is 1. The van der Waals surface area contributed by atoms with E-state index in [0.717, 1.165) is 31.0 Å². The molecule has 3 aromatic rings. The van der Waals surface area contributed by atoms with Gasteiger partial charge in [-0.25, -0.2) is 4.98 Å². The quantitative estimate of drug-likeness (QED) is 0.691. The predicted octanol–water partition coefficient (Wildman–Crippen LogP) is 3.80. The van der Waals surface area contributed by atoms with E-state index in [4.69, 9.17) is 0 Å². The third-order valence-corrected chi connectivity index (χ3v) is 5.09. The molecule has 1 aliphatic rings. The van der Waals surface area contributed by atoms with Crippen molar-refractivity contribution < 1.29 is 18.3 Å². The SMILES string of the molecule is Cc1cnc2c(c1)c1cc(C(F)(F)F)ccc1n2[C@@H]1CCCNC[C@H]1O. The first-order valence-electron chi connectivity index (χ1n) is 8.72. The van der Waals surface area contributed by atoms with Crippen LogP contribution < -0.4 is 5.32 Å². The second-order valence-electron chi connectivity index (χ2n) is 6.96. The van der Waals surface area contributed by atoms with Crippen molar-refractivity contribution in [1.29, 1.82) is 0 Å². The highest BCUT2D eigenvalue weighted by Crippen LogP contribution is 2.38. The molecule has 2 aromatic heterocycles. The van der Waals surface area contributed by atoms with Crippen LogP contribution in [-0.4, -0.2) is 33.9 Å². The Morgan fingerprint density at radius 1 is 1.23 bits per heavy atom. The predicted molar refractivity (Wildman–Crippen MR) is 94.1 cm³/mol. The maximum Gasteiger partial charge on any atom is 0.416 e. The molecule has 7 heteroatoms. The van der Waals surface area contributed by atoms with E-state index >= 15 is 0 Å². The Labute approximate surface area is 148 Å². The number of rotatable bonds is 1. The molecule has 0 unspecified atom stereocenters. The van der Waals surface area contributed by atoms with E-state index < -0.39 is 17.8 Å². The highest BCUT2D eigenvalue weighted by molar-refractivity contribution is 6.07. The van der Waals surface area contributed by atoms with Gasteiger partial charge in [-0.2, -0.15) is 13.2 Å². The monoisotopic (exact) mass is 363 g/mol. The molecule has 1 fully saturated rings. The third kappa shape index (κ3) is 2.85. The van der Waals surface area contributed by atoms with Crippen molar-refractivity contribution in [1.82, 2.24) is 14.9 Å². The van der Waals surface area contributed by atoms with Crippen molar-refractivity contribution >= 4 is 21.9 Å². The van der Waals surface area contributed by atoms with Crippen LogP contribution in [0.3, 0.4) is 0 Å². The van der Waals surface area contributed by atoms with Crippen molar-refractivity contribution in [2.75, 3.05) is 13.1 Å². The van der Waals surface area contributed by atoms with Crippen LogP contribution >= 0.6 is 0 Å². The van der Waals surface area contributed by atoms with Gasteiger partial charge in [0, 0.05) is 23.5 Å². The molecule has 138 valence electrons. The summed E-state index contributed by atoms with van der Waals surface area (Å²) in [5, 5.41) is 15.0. The topological polar surface area (TPSA) is 50.1 Å². The highest BCUT2D eigenvalue weighted by Gasteiger charge is 2.32. The molecular formula is C19H20F3N3O. The summed E-state index contributed by atoms with van der Waals surface area (Å²) in [5.74, 6) is 0. The number of aliphatic hydroxyl groups is 1. The first kappa shape index (κ1) is 17.3. The van der Waals surface area contributed by atoms with Crippen LogP contribution in [0.25, 0.3) is 21.9 Å². The summed E-state index contributed by atoms with van der Waals surface area (Å²) in [4.78, 5) is 4.50. The Bertz CT molecular complexity index is 964. The fourth-order valence-corrected chi connectivity index (χ4v) is 3.86. The normalized spacial score (nSPS) is 22.0. The van der Waals surface area contributed by atoms with Gasteiger partial charge in [0.15, 0.2) is 0 Å². The second-order valence-corrected chi connectivity index (χ2v) is 6.96. The molecule has 4 nitrogen and oxygen atoms in total. The van der Waals surface area contributed by atoms with E-state index in [1.54, 1.807) is 6.20 Å². The van der Waals surface area contributed by atoms with Crippen molar-refractivity contribution in [3.05, 3.63) is 41.6 Å². The molecule has 1 aliphatic heterocycles. The molecule has 0 aliphatic carbocycles. The number of nitrogens with one attached hydrogen (secondary N) is 1. The van der Waals surface area contributed by atoms with Gasteiger partial charge in [-0.05, 0) is 56.1 Å². The number of hydrogen-bond acceptors (Lipinski definition) is 3. The Kier molecular flexibility index (Phi) is 4.16. The van der Waals surface area contributed by atoms with Gasteiger partial charge in [-0.15, -0.1) is 0 Å². The summed E-state index contributed by atoms with van der Waals surface area (Å²) in [5.41, 5.74) is 1.51. The molecule has 3 heterocycles. The molecule has 0 radical (unpaired) electrons. The lowest BCUT2D eigenvalue weighted by Gasteiger charge is -2.23. The van der Waals surface area contributed by atoms with Crippen molar-refractivity contribution in [3.63, 3.8) is 0 Å². The zero-order chi connectivity index (χ0) is 18.5. The molecule has 4 rings (SSSR count). The molecule has 26 heavy (non-hydrogen) atoms. The number of fused-ring (bicyclic) bond motifs is 3. The first-order chi connectivity index (χ1) is 12.4. The van der Waals surface area contributed by atoms with Crippen LogP contribution in [0.2, 0.25) is 0 Å². The second kappa shape index (κ2) is 6.25. The summed E-state index contributed by atoms with van der Waals surface area (Å²) in [6, 6.07) is 5.43. The van der Waals surface area contributed by atoms with Crippen LogP contribution in [0.1, 0.15) is 30.0 Å². The average Bonchev–Trinajstić information content (AvgIpc) is 2.74. The van der Waals surface area contributed by atoms with Crippen LogP contribution in [0.4, 0.5) is 13.2 Å². The van der Waals surface area contributed by atoms with Gasteiger partial charge in [-0.3, -0.25) is 0 Å². The lowest BCUT2D eigenvalue weighted by atomic mass is 10.1. The fraction of sp³-hybridized carbons (Fsp3) is 0.421. The zero-order valence-corrected chi connectivity index (χ0v) is 14.3. The van der Waals surface area contributed by atoms with Gasteiger partial charge in [-0.1, -0.05) is 0 Å². The Balaban J connectivity index is 2.01. The number of aryl methyl sites for hydroxylation is 1. The number of benzene rings is 1. The van der Waals surface area contributed by atoms with E-state index in [0.29, 0.717) is 28.5 Å². The summed E-state index contributed by atoms with van der Waals surface area (Å²) < 4.78 is 41.5. The lowest BCUT2D eigenvalue weighted by Crippen LogP contribution is -2.31. The molecule has 2 atom stereocenters. The van der Waals surface area contributed by atoms with E-state index in [-0.39, 0.29) is 6.04 Å². The third-order valence-electron chi connectivity index (χ3n) is 5.09. The first-order valence-corrected chi connectivity index (χ1v) is 8.72. The van der Waals surface area contributed by atoms with Gasteiger partial charge in [0.1, 0.15) is 5.65 Å². The van der Waals surface area contributed by atoms with Gasteiger partial charge in [0.05, 0.1) is 23.2 Å². The van der Waals surface area contributed by atoms with Crippen LogP contribution in [0, 0.1) is 6.92 Å². The van der Waals surface area contributed by atoms with E-state index in [9.17, 15) is 18.3 Å². The number of aromatic nitrogens is 2. The maximum absolute atomic E-state index is 13.2. The van der Waals surface area contributed by atoms with E-state index in [1.807, 2.05) is 17.6 Å². The maximum atomic E-state index is 13.2. The summed E-state index contributed by atoms with van der Waals surface area (Å²) >= 11 is 0. The van der Waals surface area contributed by atoms with Crippen LogP contribution in [-0.2, 0) is 6.18 Å². The van der Waals surface area contributed by atoms with Crippen molar-refractivity contribution in [2.45, 2.75) is 38.1 Å². The molecule has 0 spiro atoms. The largest absolute Gasteiger partial charge is 0.416 e. The van der Waals surface area contributed by atoms with Gasteiger partial charge >= 0.3 is 6.18 Å². The summed E-state index contributed by atoms with van der Waals surface area (Å²) in [7, 11) is 0. The number of hydrogen-bond donors (Lipinski definition) is 2. The highest BCUT2D eigenvalue weighted by atomic mass is 19.4. The minimum absolute atomic E-state index is 0.225. The molecular weight excluding hydrogens is 343 g/mol. The zero-order valence-electron chi connectivity index (χ0n) is 14.3. The van der Waals surface area contributed by atoms with E-state index in [2.05, 4.69) is 10.3 Å². The molecule has 1 saturated heterocycles. The number of alkyl halides is 3. The van der Waals surface area contributed by atoms with Crippen LogP contribution in [0.5, 0.6) is 0 Å². The van der Waals surface area contributed by atoms with Gasteiger partial charge in [0.25, 0.3) is 0 Å². The van der Waals surface area contributed by atoms with E-state index in [1.165, 1.54) is 12.1 Å². The Morgan fingerprint density at radius 2 is 2.04 bits per heavy atom. The molecule has 1 aromatic carbocycles. The number of halogens is 3. The van der Waals surface area contributed by atoms with Crippen LogP contribution in [0.15, 0.2) is 30.5 Å². The Morgan fingerprint density at radius 3 is 2.81 bits per heavy atom. The number of aliphatic hydroxyl groups excluding tert-OH is 1. The standard InChI is InChI=1S/C19H20F3N3O/c1-11-7-14-13-8-12(19(20,21)22)4-5-15(13)25(18(14)24-9-11)16-3-2-6-23-10-17(16)26/h4-5,7-9,16-17,23,26H,2-3,6,10H2,1H3/t16-,17-/m1/s1.